The average Bonchev–Trinajstić information content (AvgIpc) is 3.20. The summed E-state index contributed by atoms with van der Waals surface area (Å²) in [6.07, 6.45) is 10.1. The van der Waals surface area contributed by atoms with Gasteiger partial charge in [-0.3, -0.25) is 4.79 Å². The Bertz CT molecular complexity index is 702. The molecule has 6 nitrogen and oxygen atoms in total. The van der Waals surface area contributed by atoms with Gasteiger partial charge in [-0.25, -0.2) is 0 Å². The number of hydrogen-bond acceptors (Lipinski definition) is 5. The van der Waals surface area contributed by atoms with Gasteiger partial charge >= 0.3 is 0 Å². The third-order valence-electron chi connectivity index (χ3n) is 6.55. The number of aliphatic hydroxyl groups excluding tert-OH is 1. The third kappa shape index (κ3) is 6.10. The molecule has 0 bridgehead atoms. The summed E-state index contributed by atoms with van der Waals surface area (Å²) in [4.78, 5) is 15.0. The molecule has 1 aliphatic heterocycles. The Labute approximate surface area is 180 Å². The predicted octanol–water partition coefficient (Wildman–Crippen LogP) is 4.55. The van der Waals surface area contributed by atoms with E-state index in [1.54, 1.807) is 11.6 Å². The van der Waals surface area contributed by atoms with E-state index in [9.17, 15) is 9.90 Å². The lowest BCUT2D eigenvalue weighted by molar-refractivity contribution is -0.136. The fraction of sp³-hybridized carbons (Fsp3) is 0.750. The van der Waals surface area contributed by atoms with Gasteiger partial charge in [0.05, 0.1) is 6.61 Å². The maximum Gasteiger partial charge on any atom is 0.254 e. The molecular weight excluding hydrogens is 380 g/mol. The van der Waals surface area contributed by atoms with Crippen molar-refractivity contribution in [2.45, 2.75) is 71.6 Å². The number of rotatable bonds is 8. The molecule has 3 rings (SSSR count). The van der Waals surface area contributed by atoms with Gasteiger partial charge in [0.15, 0.2) is 5.76 Å². The van der Waals surface area contributed by atoms with Crippen molar-refractivity contribution in [2.75, 3.05) is 26.3 Å². The van der Waals surface area contributed by atoms with E-state index in [4.69, 9.17) is 9.26 Å². The van der Waals surface area contributed by atoms with Gasteiger partial charge in [0, 0.05) is 25.8 Å². The molecule has 0 spiro atoms. The standard InChI is InChI=1S/C24H38N2O4/c1-17(2)23(24(28)26-12-4-6-20(15-26)16-27)21-14-22(25-30-21)29-13-5-7-19-10-8-18(3)9-11-19/h7,14,17-18,20,23,27H,4-6,8-13,15-16H2,1-3H3/t18?,20-,23?/m1/s1. The Morgan fingerprint density at radius 3 is 2.83 bits per heavy atom. The Kier molecular flexibility index (Phi) is 8.37. The fourth-order valence-corrected chi connectivity index (χ4v) is 4.60. The van der Waals surface area contributed by atoms with Crippen LogP contribution in [-0.2, 0) is 4.79 Å². The zero-order valence-electron chi connectivity index (χ0n) is 18.8. The minimum Gasteiger partial charge on any atom is -0.475 e. The smallest absolute Gasteiger partial charge is 0.254 e. The van der Waals surface area contributed by atoms with Crippen molar-refractivity contribution in [3.05, 3.63) is 23.5 Å². The highest BCUT2D eigenvalue weighted by molar-refractivity contribution is 5.83. The second kappa shape index (κ2) is 11.0. The molecule has 168 valence electrons. The lowest BCUT2D eigenvalue weighted by Crippen LogP contribution is -2.44. The van der Waals surface area contributed by atoms with Crippen LogP contribution in [-0.4, -0.2) is 47.4 Å². The first kappa shape index (κ1) is 22.9. The monoisotopic (exact) mass is 418 g/mol. The molecule has 1 aliphatic carbocycles. The van der Waals surface area contributed by atoms with E-state index >= 15 is 0 Å². The molecule has 2 heterocycles. The highest BCUT2D eigenvalue weighted by atomic mass is 16.5. The lowest BCUT2D eigenvalue weighted by atomic mass is 9.87. The Balaban J connectivity index is 1.54. The first-order valence-electron chi connectivity index (χ1n) is 11.6. The van der Waals surface area contributed by atoms with Crippen molar-refractivity contribution >= 4 is 5.91 Å². The van der Waals surface area contributed by atoms with E-state index in [2.05, 4.69) is 18.2 Å². The van der Waals surface area contributed by atoms with E-state index < -0.39 is 0 Å². The Morgan fingerprint density at radius 2 is 2.13 bits per heavy atom. The van der Waals surface area contributed by atoms with E-state index in [0.29, 0.717) is 24.8 Å². The minimum atomic E-state index is -0.376. The number of piperidine rings is 1. The van der Waals surface area contributed by atoms with E-state index in [0.717, 1.165) is 31.7 Å². The van der Waals surface area contributed by atoms with Gasteiger partial charge in [0.25, 0.3) is 5.88 Å². The summed E-state index contributed by atoms with van der Waals surface area (Å²) in [5.74, 6) is 1.81. The first-order chi connectivity index (χ1) is 14.5. The molecule has 2 aliphatic rings. The van der Waals surface area contributed by atoms with Crippen LogP contribution >= 0.6 is 0 Å². The number of aliphatic hydroxyl groups is 1. The number of carbonyl (C=O) groups is 1. The maximum absolute atomic E-state index is 13.2. The summed E-state index contributed by atoms with van der Waals surface area (Å²) in [6.45, 7) is 8.42. The highest BCUT2D eigenvalue weighted by Gasteiger charge is 2.34. The second-order valence-corrected chi connectivity index (χ2v) is 9.45. The van der Waals surface area contributed by atoms with Crippen molar-refractivity contribution < 1.29 is 19.2 Å². The number of nitrogens with zero attached hydrogens (tertiary/aromatic N) is 2. The van der Waals surface area contributed by atoms with Gasteiger partial charge in [-0.05, 0) is 67.9 Å². The predicted molar refractivity (Wildman–Crippen MR) is 116 cm³/mol. The highest BCUT2D eigenvalue weighted by Crippen LogP contribution is 2.31. The van der Waals surface area contributed by atoms with Crippen LogP contribution in [0.4, 0.5) is 0 Å². The number of carbonyl (C=O) groups excluding carboxylic acids is 1. The summed E-state index contributed by atoms with van der Waals surface area (Å²) in [5, 5.41) is 13.5. The van der Waals surface area contributed by atoms with Gasteiger partial charge in [-0.15, -0.1) is 0 Å². The van der Waals surface area contributed by atoms with Crippen LogP contribution in [0.3, 0.4) is 0 Å². The van der Waals surface area contributed by atoms with Crippen LogP contribution in [0.2, 0.25) is 0 Å². The van der Waals surface area contributed by atoms with Crippen molar-refractivity contribution in [2.24, 2.45) is 17.8 Å². The summed E-state index contributed by atoms with van der Waals surface area (Å²) >= 11 is 0. The average molecular weight is 419 g/mol. The number of hydrogen-bond donors (Lipinski definition) is 1. The van der Waals surface area contributed by atoms with Gasteiger partial charge in [-0.1, -0.05) is 32.4 Å². The number of likely N-dealkylation sites (tertiary alicyclic amines) is 1. The largest absolute Gasteiger partial charge is 0.475 e. The van der Waals surface area contributed by atoms with Crippen molar-refractivity contribution in [1.82, 2.24) is 10.1 Å². The van der Waals surface area contributed by atoms with Crippen LogP contribution in [0.15, 0.2) is 22.2 Å². The van der Waals surface area contributed by atoms with Crippen LogP contribution in [0, 0.1) is 17.8 Å². The molecule has 30 heavy (non-hydrogen) atoms. The zero-order chi connectivity index (χ0) is 21.5. The molecule has 6 heteroatoms. The van der Waals surface area contributed by atoms with E-state index in [1.807, 2.05) is 18.7 Å². The molecule has 0 radical (unpaired) electrons. The molecule has 1 saturated carbocycles. The van der Waals surface area contributed by atoms with Crippen LogP contribution < -0.4 is 4.74 Å². The molecule has 1 aromatic rings. The number of ether oxygens (including phenoxy) is 1. The molecule has 1 aromatic heterocycles. The molecule has 1 amide bonds. The quantitative estimate of drug-likeness (QED) is 0.495. The van der Waals surface area contributed by atoms with E-state index in [1.165, 1.54) is 25.7 Å². The van der Waals surface area contributed by atoms with Gasteiger partial charge in [0.2, 0.25) is 5.91 Å². The normalized spacial score (nSPS) is 23.5. The Morgan fingerprint density at radius 1 is 1.37 bits per heavy atom. The molecule has 1 unspecified atom stereocenters. The summed E-state index contributed by atoms with van der Waals surface area (Å²) in [6, 6.07) is 1.77. The molecule has 2 fully saturated rings. The van der Waals surface area contributed by atoms with Gasteiger partial charge < -0.3 is 19.3 Å². The van der Waals surface area contributed by atoms with Crippen LogP contribution in [0.5, 0.6) is 5.88 Å². The molecule has 1 N–H and O–H groups in total. The zero-order valence-corrected chi connectivity index (χ0v) is 18.8. The van der Waals surface area contributed by atoms with Crippen LogP contribution in [0.1, 0.15) is 77.4 Å². The molecule has 2 atom stereocenters. The fourth-order valence-electron chi connectivity index (χ4n) is 4.60. The number of allylic oxidation sites excluding steroid dienone is 1. The SMILES string of the molecule is CC1CCC(=CCCOc2cc(C(C(=O)N3CCC[C@@H](CO)C3)C(C)C)on2)CC1. The van der Waals surface area contributed by atoms with Gasteiger partial charge in [0.1, 0.15) is 5.92 Å². The molecule has 1 saturated heterocycles. The third-order valence-corrected chi connectivity index (χ3v) is 6.55. The van der Waals surface area contributed by atoms with Crippen molar-refractivity contribution in [3.63, 3.8) is 0 Å². The van der Waals surface area contributed by atoms with E-state index in [-0.39, 0.29) is 30.3 Å². The lowest BCUT2D eigenvalue weighted by Gasteiger charge is -2.34. The number of amides is 1. The minimum absolute atomic E-state index is 0.0575. The summed E-state index contributed by atoms with van der Waals surface area (Å²) in [5.41, 5.74) is 1.55. The second-order valence-electron chi connectivity index (χ2n) is 9.45. The topological polar surface area (TPSA) is 75.8 Å². The Hall–Kier alpha value is -1.82. The first-order valence-corrected chi connectivity index (χ1v) is 11.6. The van der Waals surface area contributed by atoms with Crippen molar-refractivity contribution in [1.29, 1.82) is 0 Å². The van der Waals surface area contributed by atoms with Gasteiger partial charge in [-0.2, -0.15) is 0 Å². The molecular formula is C24H38N2O4. The summed E-state index contributed by atoms with van der Waals surface area (Å²) in [7, 11) is 0. The molecule has 0 aromatic carbocycles. The summed E-state index contributed by atoms with van der Waals surface area (Å²) < 4.78 is 11.3. The maximum atomic E-state index is 13.2. The van der Waals surface area contributed by atoms with Crippen LogP contribution in [0.25, 0.3) is 0 Å². The number of aromatic nitrogens is 1. The van der Waals surface area contributed by atoms with Crippen molar-refractivity contribution in [3.8, 4) is 5.88 Å².